The Hall–Kier alpha value is -2.82. The molecule has 2 aromatic carbocycles. The Morgan fingerprint density at radius 2 is 1.71 bits per heavy atom. The molecule has 5 heteroatoms. The van der Waals surface area contributed by atoms with Crippen molar-refractivity contribution in [3.8, 4) is 5.75 Å². The highest BCUT2D eigenvalue weighted by molar-refractivity contribution is 5.97. The highest BCUT2D eigenvalue weighted by atomic mass is 16.5. The minimum absolute atomic E-state index is 0.0585. The van der Waals surface area contributed by atoms with Gasteiger partial charge in [0.1, 0.15) is 5.75 Å². The number of carbonyl (C=O) groups is 2. The van der Waals surface area contributed by atoms with Crippen molar-refractivity contribution in [1.82, 2.24) is 0 Å². The Morgan fingerprint density at radius 1 is 1.07 bits per heavy atom. The molecule has 0 aromatic heterocycles. The monoisotopic (exact) mass is 383 g/mol. The fourth-order valence-corrected chi connectivity index (χ4v) is 2.62. The van der Waals surface area contributed by atoms with Gasteiger partial charge in [0.25, 0.3) is 5.91 Å². The quantitative estimate of drug-likeness (QED) is 0.723. The molecule has 28 heavy (non-hydrogen) atoms. The van der Waals surface area contributed by atoms with Crippen molar-refractivity contribution in [3.05, 3.63) is 59.2 Å². The smallest absolute Gasteiger partial charge is 0.338 e. The van der Waals surface area contributed by atoms with Crippen molar-refractivity contribution < 1.29 is 19.1 Å². The Balaban J connectivity index is 2.06. The lowest BCUT2D eigenvalue weighted by Gasteiger charge is -2.20. The second-order valence-corrected chi connectivity index (χ2v) is 7.77. The summed E-state index contributed by atoms with van der Waals surface area (Å²) >= 11 is 0. The summed E-state index contributed by atoms with van der Waals surface area (Å²) in [4.78, 5) is 24.5. The minimum atomic E-state index is -0.689. The van der Waals surface area contributed by atoms with Crippen LogP contribution in [0.1, 0.15) is 56.1 Å². The normalized spacial score (nSPS) is 12.2. The van der Waals surface area contributed by atoms with Gasteiger partial charge in [0.15, 0.2) is 6.10 Å². The molecule has 2 rings (SSSR count). The van der Waals surface area contributed by atoms with E-state index in [-0.39, 0.29) is 11.3 Å². The first-order chi connectivity index (χ1) is 13.1. The van der Waals surface area contributed by atoms with Gasteiger partial charge in [0, 0.05) is 5.69 Å². The van der Waals surface area contributed by atoms with Crippen molar-refractivity contribution in [2.24, 2.45) is 0 Å². The molecule has 0 aliphatic rings. The van der Waals surface area contributed by atoms with Crippen LogP contribution in [0.5, 0.6) is 5.75 Å². The Bertz CT molecular complexity index is 835. The number of hydrogen-bond acceptors (Lipinski definition) is 4. The maximum absolute atomic E-state index is 12.5. The molecule has 1 amide bonds. The van der Waals surface area contributed by atoms with E-state index in [9.17, 15) is 9.59 Å². The third-order valence-electron chi connectivity index (χ3n) is 4.41. The van der Waals surface area contributed by atoms with Crippen LogP contribution < -0.4 is 10.1 Å². The summed E-state index contributed by atoms with van der Waals surface area (Å²) in [6, 6.07) is 12.8. The highest BCUT2D eigenvalue weighted by Gasteiger charge is 2.18. The molecule has 0 aliphatic heterocycles. The average Bonchev–Trinajstić information content (AvgIpc) is 2.63. The van der Waals surface area contributed by atoms with Gasteiger partial charge in [0.05, 0.1) is 12.2 Å². The van der Waals surface area contributed by atoms with E-state index < -0.39 is 12.1 Å². The van der Waals surface area contributed by atoms with Crippen molar-refractivity contribution in [2.45, 2.75) is 53.1 Å². The number of benzene rings is 2. The van der Waals surface area contributed by atoms with Crippen LogP contribution in [0, 0.1) is 6.92 Å². The molecule has 1 N–H and O–H groups in total. The van der Waals surface area contributed by atoms with E-state index in [1.54, 1.807) is 32.0 Å². The number of nitrogens with one attached hydrogen (secondary N) is 1. The van der Waals surface area contributed by atoms with Crippen LogP contribution in [0.2, 0.25) is 0 Å². The van der Waals surface area contributed by atoms with Crippen molar-refractivity contribution in [1.29, 1.82) is 0 Å². The number of carbonyl (C=O) groups excluding carboxylic acids is 2. The third-order valence-corrected chi connectivity index (χ3v) is 4.41. The van der Waals surface area contributed by atoms with E-state index >= 15 is 0 Å². The summed E-state index contributed by atoms with van der Waals surface area (Å²) in [6.45, 7) is 12.0. The molecule has 0 saturated carbocycles. The van der Waals surface area contributed by atoms with Gasteiger partial charge in [-0.05, 0) is 61.6 Å². The van der Waals surface area contributed by atoms with Crippen LogP contribution in [0.15, 0.2) is 42.5 Å². The van der Waals surface area contributed by atoms with Crippen molar-refractivity contribution in [2.75, 3.05) is 11.9 Å². The standard InChI is InChI=1S/C23H29NO4/c1-7-27-22(26)17-9-8-15(2)20(14-17)24-21(25)16(3)28-19-12-10-18(11-13-19)23(4,5)6/h8-14,16H,7H2,1-6H3,(H,24,25)/t16-/m0/s1. The van der Waals surface area contributed by atoms with Gasteiger partial charge >= 0.3 is 5.97 Å². The summed E-state index contributed by atoms with van der Waals surface area (Å²) in [5.41, 5.74) is 3.07. The molecular formula is C23H29NO4. The van der Waals surface area contributed by atoms with Gasteiger partial charge < -0.3 is 14.8 Å². The second-order valence-electron chi connectivity index (χ2n) is 7.77. The zero-order chi connectivity index (χ0) is 20.9. The first-order valence-corrected chi connectivity index (χ1v) is 9.47. The molecule has 2 aromatic rings. The van der Waals surface area contributed by atoms with Gasteiger partial charge in [-0.15, -0.1) is 0 Å². The van der Waals surface area contributed by atoms with Crippen molar-refractivity contribution in [3.63, 3.8) is 0 Å². The Kier molecular flexibility index (Phi) is 6.84. The Morgan fingerprint density at radius 3 is 2.29 bits per heavy atom. The van der Waals surface area contributed by atoms with E-state index in [4.69, 9.17) is 9.47 Å². The zero-order valence-corrected chi connectivity index (χ0v) is 17.5. The molecule has 5 nitrogen and oxygen atoms in total. The number of aryl methyl sites for hydroxylation is 1. The van der Waals surface area contributed by atoms with E-state index in [2.05, 4.69) is 26.1 Å². The molecular weight excluding hydrogens is 354 g/mol. The van der Waals surface area contributed by atoms with Gasteiger partial charge in [-0.2, -0.15) is 0 Å². The lowest BCUT2D eigenvalue weighted by molar-refractivity contribution is -0.122. The van der Waals surface area contributed by atoms with Crippen LogP contribution >= 0.6 is 0 Å². The summed E-state index contributed by atoms with van der Waals surface area (Å²) in [5.74, 6) is -0.0714. The van der Waals surface area contributed by atoms with Crippen LogP contribution in [-0.2, 0) is 14.9 Å². The summed E-state index contributed by atoms with van der Waals surface area (Å²) in [7, 11) is 0. The molecule has 150 valence electrons. The van der Waals surface area contributed by atoms with Gasteiger partial charge in [-0.25, -0.2) is 4.79 Å². The SMILES string of the molecule is CCOC(=O)c1ccc(C)c(NC(=O)[C@H](C)Oc2ccc(C(C)(C)C)cc2)c1. The Labute approximate surface area is 167 Å². The molecule has 0 fully saturated rings. The van der Waals surface area contributed by atoms with E-state index in [0.717, 1.165) is 5.56 Å². The number of anilines is 1. The summed E-state index contributed by atoms with van der Waals surface area (Å²) < 4.78 is 10.8. The number of hydrogen-bond donors (Lipinski definition) is 1. The summed E-state index contributed by atoms with van der Waals surface area (Å²) in [6.07, 6.45) is -0.689. The lowest BCUT2D eigenvalue weighted by Crippen LogP contribution is -2.30. The number of amides is 1. The lowest BCUT2D eigenvalue weighted by atomic mass is 9.87. The van der Waals surface area contributed by atoms with Crippen LogP contribution in [0.3, 0.4) is 0 Å². The molecule has 0 radical (unpaired) electrons. The minimum Gasteiger partial charge on any atom is -0.481 e. The number of esters is 1. The topological polar surface area (TPSA) is 64.6 Å². The summed E-state index contributed by atoms with van der Waals surface area (Å²) in [5, 5.41) is 2.83. The maximum atomic E-state index is 12.5. The predicted molar refractivity (Wildman–Crippen MR) is 111 cm³/mol. The molecule has 0 spiro atoms. The third kappa shape index (κ3) is 5.59. The van der Waals surface area contributed by atoms with Crippen molar-refractivity contribution >= 4 is 17.6 Å². The first kappa shape index (κ1) is 21.5. The van der Waals surface area contributed by atoms with E-state index in [1.807, 2.05) is 31.2 Å². The van der Waals surface area contributed by atoms with Gasteiger partial charge in [-0.1, -0.05) is 39.0 Å². The van der Waals surface area contributed by atoms with Crippen LogP contribution in [-0.4, -0.2) is 24.6 Å². The van der Waals surface area contributed by atoms with Gasteiger partial charge in [0.2, 0.25) is 0 Å². The van der Waals surface area contributed by atoms with Gasteiger partial charge in [-0.3, -0.25) is 4.79 Å². The van der Waals surface area contributed by atoms with Crippen LogP contribution in [0.4, 0.5) is 5.69 Å². The molecule has 0 unspecified atom stereocenters. The molecule has 0 aliphatic carbocycles. The largest absolute Gasteiger partial charge is 0.481 e. The highest BCUT2D eigenvalue weighted by Crippen LogP contribution is 2.25. The molecule has 0 heterocycles. The van der Waals surface area contributed by atoms with Crippen LogP contribution in [0.25, 0.3) is 0 Å². The fraction of sp³-hybridized carbons (Fsp3) is 0.391. The number of rotatable bonds is 6. The van der Waals surface area contributed by atoms with E-state index in [0.29, 0.717) is 23.6 Å². The predicted octanol–water partition coefficient (Wildman–Crippen LogP) is 4.88. The average molecular weight is 383 g/mol. The zero-order valence-electron chi connectivity index (χ0n) is 17.5. The molecule has 0 saturated heterocycles. The number of ether oxygens (including phenoxy) is 2. The fourth-order valence-electron chi connectivity index (χ4n) is 2.62. The first-order valence-electron chi connectivity index (χ1n) is 9.47. The van der Waals surface area contributed by atoms with E-state index in [1.165, 1.54) is 5.56 Å². The second kappa shape index (κ2) is 8.91. The molecule has 0 bridgehead atoms. The molecule has 1 atom stereocenters. The maximum Gasteiger partial charge on any atom is 0.338 e.